The van der Waals surface area contributed by atoms with E-state index in [0.717, 1.165) is 25.7 Å². The fourth-order valence-electron chi connectivity index (χ4n) is 2.17. The van der Waals surface area contributed by atoms with Crippen molar-refractivity contribution in [2.75, 3.05) is 6.54 Å². The van der Waals surface area contributed by atoms with Gasteiger partial charge in [0.15, 0.2) is 0 Å². The second-order valence-electron chi connectivity index (χ2n) is 6.51. The van der Waals surface area contributed by atoms with E-state index in [1.165, 1.54) is 0 Å². The van der Waals surface area contributed by atoms with Gasteiger partial charge in [-0.3, -0.25) is 0 Å². The van der Waals surface area contributed by atoms with Crippen molar-refractivity contribution in [3.05, 3.63) is 0 Å². The summed E-state index contributed by atoms with van der Waals surface area (Å²) in [6.07, 6.45) is 4.25. The number of urea groups is 1. The third-order valence-electron chi connectivity index (χ3n) is 3.62. The maximum atomic E-state index is 11.5. The van der Waals surface area contributed by atoms with Crippen molar-refractivity contribution in [3.8, 4) is 0 Å². The highest BCUT2D eigenvalue weighted by Crippen LogP contribution is 2.38. The Morgan fingerprint density at radius 3 is 2.24 bits per heavy atom. The number of nitrogens with one attached hydrogen (secondary N) is 2. The summed E-state index contributed by atoms with van der Waals surface area (Å²) in [4.78, 5) is 11.5. The molecule has 1 saturated carbocycles. The standard InChI is InChI=1S/C13H27N3O/c1-10(2)16-11(17)15-9-13(14)7-5-12(3,4)6-8-13/h10H,5-9,14H2,1-4H3,(H2,15,16,17). The zero-order valence-corrected chi connectivity index (χ0v) is 11.6. The van der Waals surface area contributed by atoms with Crippen molar-refractivity contribution < 1.29 is 4.79 Å². The van der Waals surface area contributed by atoms with Crippen molar-refractivity contribution in [1.82, 2.24) is 10.6 Å². The molecule has 4 N–H and O–H groups in total. The summed E-state index contributed by atoms with van der Waals surface area (Å²) < 4.78 is 0. The lowest BCUT2D eigenvalue weighted by atomic mass is 9.70. The van der Waals surface area contributed by atoms with E-state index in [-0.39, 0.29) is 17.6 Å². The highest BCUT2D eigenvalue weighted by atomic mass is 16.2. The first-order valence-electron chi connectivity index (χ1n) is 6.56. The predicted octanol–water partition coefficient (Wildman–Crippen LogP) is 1.99. The van der Waals surface area contributed by atoms with Crippen LogP contribution in [0.1, 0.15) is 53.4 Å². The molecule has 0 aromatic heterocycles. The van der Waals surface area contributed by atoms with Crippen LogP contribution in [0.3, 0.4) is 0 Å². The summed E-state index contributed by atoms with van der Waals surface area (Å²) in [6, 6.07) is 0.0451. The summed E-state index contributed by atoms with van der Waals surface area (Å²) in [7, 11) is 0. The zero-order chi connectivity index (χ0) is 13.1. The molecule has 0 saturated heterocycles. The first-order valence-corrected chi connectivity index (χ1v) is 6.56. The fraction of sp³-hybridized carbons (Fsp3) is 0.923. The van der Waals surface area contributed by atoms with Gasteiger partial charge in [-0.1, -0.05) is 13.8 Å². The average molecular weight is 241 g/mol. The molecule has 1 aliphatic rings. The SMILES string of the molecule is CC(C)NC(=O)NCC1(N)CCC(C)(C)CC1. The molecule has 0 spiro atoms. The van der Waals surface area contributed by atoms with Gasteiger partial charge >= 0.3 is 6.03 Å². The van der Waals surface area contributed by atoms with Gasteiger partial charge in [-0.05, 0) is 44.9 Å². The Balaban J connectivity index is 2.34. The van der Waals surface area contributed by atoms with E-state index in [0.29, 0.717) is 12.0 Å². The zero-order valence-electron chi connectivity index (χ0n) is 11.6. The molecule has 0 aromatic rings. The van der Waals surface area contributed by atoms with E-state index in [2.05, 4.69) is 24.5 Å². The van der Waals surface area contributed by atoms with Gasteiger partial charge in [-0.2, -0.15) is 0 Å². The highest BCUT2D eigenvalue weighted by molar-refractivity contribution is 5.74. The van der Waals surface area contributed by atoms with Crippen LogP contribution in [0.25, 0.3) is 0 Å². The molecule has 4 nitrogen and oxygen atoms in total. The Hall–Kier alpha value is -0.770. The number of nitrogens with two attached hydrogens (primary N) is 1. The van der Waals surface area contributed by atoms with Gasteiger partial charge < -0.3 is 16.4 Å². The van der Waals surface area contributed by atoms with E-state index in [1.54, 1.807) is 0 Å². The molecular weight excluding hydrogens is 214 g/mol. The Bertz CT molecular complexity index is 264. The minimum Gasteiger partial charge on any atom is -0.336 e. The highest BCUT2D eigenvalue weighted by Gasteiger charge is 2.35. The van der Waals surface area contributed by atoms with Gasteiger partial charge in [0.1, 0.15) is 0 Å². The minimum atomic E-state index is -0.218. The third-order valence-corrected chi connectivity index (χ3v) is 3.62. The minimum absolute atomic E-state index is 0.116. The summed E-state index contributed by atoms with van der Waals surface area (Å²) in [5.74, 6) is 0. The second-order valence-corrected chi connectivity index (χ2v) is 6.51. The van der Waals surface area contributed by atoms with Crippen LogP contribution in [-0.2, 0) is 0 Å². The quantitative estimate of drug-likeness (QED) is 0.707. The first kappa shape index (κ1) is 14.3. The van der Waals surface area contributed by atoms with Gasteiger partial charge in [-0.25, -0.2) is 4.79 Å². The summed E-state index contributed by atoms with van der Waals surface area (Å²) in [5, 5.41) is 5.69. The van der Waals surface area contributed by atoms with Crippen LogP contribution >= 0.6 is 0 Å². The summed E-state index contributed by atoms with van der Waals surface area (Å²) in [6.45, 7) is 9.03. The van der Waals surface area contributed by atoms with Crippen LogP contribution in [0, 0.1) is 5.41 Å². The van der Waals surface area contributed by atoms with Crippen LogP contribution in [0.15, 0.2) is 0 Å². The molecule has 1 aliphatic carbocycles. The Morgan fingerprint density at radius 2 is 1.76 bits per heavy atom. The fourth-order valence-corrected chi connectivity index (χ4v) is 2.17. The molecule has 0 atom stereocenters. The van der Waals surface area contributed by atoms with Gasteiger partial charge in [-0.15, -0.1) is 0 Å². The lowest BCUT2D eigenvalue weighted by Crippen LogP contribution is -2.55. The van der Waals surface area contributed by atoms with Crippen LogP contribution in [-0.4, -0.2) is 24.2 Å². The molecule has 0 heterocycles. The smallest absolute Gasteiger partial charge is 0.315 e. The molecule has 0 aromatic carbocycles. The monoisotopic (exact) mass is 241 g/mol. The molecule has 1 fully saturated rings. The number of carbonyl (C=O) groups excluding carboxylic acids is 1. The van der Waals surface area contributed by atoms with Crippen molar-refractivity contribution in [1.29, 1.82) is 0 Å². The number of hydrogen-bond acceptors (Lipinski definition) is 2. The normalized spacial score (nSPS) is 22.2. The molecule has 100 valence electrons. The number of amides is 2. The Morgan fingerprint density at radius 1 is 1.24 bits per heavy atom. The van der Waals surface area contributed by atoms with Gasteiger partial charge in [0.25, 0.3) is 0 Å². The topological polar surface area (TPSA) is 67.2 Å². The van der Waals surface area contributed by atoms with Gasteiger partial charge in [0.05, 0.1) is 0 Å². The second kappa shape index (κ2) is 5.25. The van der Waals surface area contributed by atoms with E-state index >= 15 is 0 Å². The third kappa shape index (κ3) is 4.94. The Kier molecular flexibility index (Phi) is 4.42. The van der Waals surface area contributed by atoms with Crippen molar-refractivity contribution in [3.63, 3.8) is 0 Å². The molecule has 2 amide bonds. The molecule has 17 heavy (non-hydrogen) atoms. The van der Waals surface area contributed by atoms with E-state index in [4.69, 9.17) is 5.73 Å². The molecule has 0 aliphatic heterocycles. The van der Waals surface area contributed by atoms with Crippen LogP contribution in [0.4, 0.5) is 4.79 Å². The van der Waals surface area contributed by atoms with Gasteiger partial charge in [0.2, 0.25) is 0 Å². The van der Waals surface area contributed by atoms with E-state index < -0.39 is 0 Å². The molecule has 0 bridgehead atoms. The lowest BCUT2D eigenvalue weighted by Gasteiger charge is -2.41. The maximum Gasteiger partial charge on any atom is 0.315 e. The number of hydrogen-bond donors (Lipinski definition) is 3. The predicted molar refractivity (Wildman–Crippen MR) is 70.8 cm³/mol. The number of carbonyl (C=O) groups is 1. The Labute approximate surface area is 105 Å². The van der Waals surface area contributed by atoms with Crippen molar-refractivity contribution >= 4 is 6.03 Å². The van der Waals surface area contributed by atoms with Crippen molar-refractivity contribution in [2.45, 2.75) is 65.0 Å². The van der Waals surface area contributed by atoms with Gasteiger partial charge in [0, 0.05) is 18.1 Å². The van der Waals surface area contributed by atoms with Crippen molar-refractivity contribution in [2.24, 2.45) is 11.1 Å². The van der Waals surface area contributed by atoms with E-state index in [9.17, 15) is 4.79 Å². The first-order chi connectivity index (χ1) is 7.72. The summed E-state index contributed by atoms with van der Waals surface area (Å²) in [5.41, 5.74) is 6.50. The molecule has 0 unspecified atom stereocenters. The molecule has 0 radical (unpaired) electrons. The number of rotatable bonds is 3. The molecular formula is C13H27N3O. The lowest BCUT2D eigenvalue weighted by molar-refractivity contribution is 0.162. The molecule has 1 rings (SSSR count). The molecule has 4 heteroatoms. The van der Waals surface area contributed by atoms with Crippen LogP contribution in [0.2, 0.25) is 0 Å². The van der Waals surface area contributed by atoms with Crippen LogP contribution < -0.4 is 16.4 Å². The summed E-state index contributed by atoms with van der Waals surface area (Å²) >= 11 is 0. The van der Waals surface area contributed by atoms with Crippen LogP contribution in [0.5, 0.6) is 0 Å². The maximum absolute atomic E-state index is 11.5. The van der Waals surface area contributed by atoms with E-state index in [1.807, 2.05) is 13.8 Å². The average Bonchev–Trinajstić information content (AvgIpc) is 2.20. The largest absolute Gasteiger partial charge is 0.336 e.